The van der Waals surface area contributed by atoms with Gasteiger partial charge in [-0.05, 0) is 174 Å². The topological polar surface area (TPSA) is 247 Å². The minimum absolute atomic E-state index is 0.162. The highest BCUT2D eigenvalue weighted by atomic mass is 16.8. The number of hydrogen-bond acceptors (Lipinski definition) is 20. The van der Waals surface area contributed by atoms with Crippen LogP contribution in [0.2, 0.25) is 0 Å². The third kappa shape index (κ3) is 31.9. The number of carbonyl (C=O) groups is 8. The Morgan fingerprint density at radius 3 is 0.469 bits per heavy atom. The Bertz CT molecular complexity index is 3380. The maximum Gasteiger partial charge on any atom is 0.514 e. The summed E-state index contributed by atoms with van der Waals surface area (Å²) in [4.78, 5) is 112. The number of ether oxygens (including phenoxy) is 12. The van der Waals surface area contributed by atoms with Crippen molar-refractivity contribution in [2.45, 2.75) is 366 Å². The molecule has 20 heteroatoms. The molecule has 0 amide bonds. The Morgan fingerprint density at radius 1 is 0.221 bits per heavy atom. The molecule has 0 heterocycles. The van der Waals surface area contributed by atoms with Gasteiger partial charge in [-0.1, -0.05) is 215 Å². The normalized spacial score (nSPS) is 13.1. The Morgan fingerprint density at radius 2 is 0.354 bits per heavy atom. The molecule has 4 rings (SSSR count). The quantitative estimate of drug-likeness (QED) is 0.0359. The number of rotatable bonds is 24. The van der Waals surface area contributed by atoms with Gasteiger partial charge in [-0.15, -0.1) is 0 Å². The van der Waals surface area contributed by atoms with Crippen LogP contribution in [0.1, 0.15) is 342 Å². The second kappa shape index (κ2) is 36.3. The largest absolute Gasteiger partial charge is 0.514 e. The zero-order chi connectivity index (χ0) is 87.0. The Balaban J connectivity index is 1.94. The van der Waals surface area contributed by atoms with E-state index in [1.54, 1.807) is 83.1 Å². The Hall–Kier alpha value is -8.16. The highest BCUT2D eigenvalue weighted by Gasteiger charge is 2.41. The fraction of sp³-hybridized carbons (Fsp3) is 0.656. The number of aryl methyl sites for hydroxylation is 4. The zero-order valence-corrected chi connectivity index (χ0v) is 75.8. The summed E-state index contributed by atoms with van der Waals surface area (Å²) in [6.45, 7) is 66.7. The molecule has 0 fully saturated rings. The van der Waals surface area contributed by atoms with E-state index in [2.05, 4.69) is 0 Å². The first kappa shape index (κ1) is 97.2. The summed E-state index contributed by atoms with van der Waals surface area (Å²) in [6, 6.07) is 15.3. The van der Waals surface area contributed by atoms with Crippen LogP contribution in [-0.4, -0.2) is 97.3 Å². The van der Waals surface area contributed by atoms with Crippen molar-refractivity contribution in [3.63, 3.8) is 0 Å². The van der Waals surface area contributed by atoms with E-state index in [-0.39, 0.29) is 51.4 Å². The Labute approximate surface area is 676 Å². The van der Waals surface area contributed by atoms with E-state index in [4.69, 9.17) is 56.8 Å². The smallest absolute Gasteiger partial charge is 0.465 e. The highest BCUT2D eigenvalue weighted by Crippen LogP contribution is 2.47. The van der Waals surface area contributed by atoms with Crippen LogP contribution in [0.5, 0.6) is 23.0 Å². The number of benzene rings is 4. The molecule has 0 radical (unpaired) electrons. The van der Waals surface area contributed by atoms with Gasteiger partial charge in [-0.3, -0.25) is 19.2 Å². The predicted octanol–water partition coefficient (Wildman–Crippen LogP) is 22.3. The van der Waals surface area contributed by atoms with Crippen molar-refractivity contribution in [1.29, 1.82) is 0 Å². The molecule has 0 aliphatic heterocycles. The maximum absolute atomic E-state index is 14.6. The maximum atomic E-state index is 14.6. The first-order valence-corrected chi connectivity index (χ1v) is 39.7. The average Bonchev–Trinajstić information content (AvgIpc) is 0.789. The molecule has 0 bridgehead atoms. The summed E-state index contributed by atoms with van der Waals surface area (Å²) in [6.07, 6.45) is -3.47. The summed E-state index contributed by atoms with van der Waals surface area (Å²) >= 11 is 0. The molecule has 4 aromatic rings. The first-order valence-electron chi connectivity index (χ1n) is 39.7. The van der Waals surface area contributed by atoms with E-state index < -0.39 is 146 Å². The van der Waals surface area contributed by atoms with Gasteiger partial charge in [0.25, 0.3) is 0 Å². The van der Waals surface area contributed by atoms with Gasteiger partial charge in [0.1, 0.15) is 77.2 Å². The van der Waals surface area contributed by atoms with Gasteiger partial charge in [0, 0.05) is 70.2 Å². The molecule has 0 aliphatic rings. The molecule has 0 spiro atoms. The van der Waals surface area contributed by atoms with E-state index in [1.807, 2.05) is 215 Å². The van der Waals surface area contributed by atoms with E-state index in [9.17, 15) is 38.4 Å². The minimum Gasteiger partial charge on any atom is -0.465 e. The summed E-state index contributed by atoms with van der Waals surface area (Å²) in [5, 5.41) is 0. The van der Waals surface area contributed by atoms with Crippen molar-refractivity contribution < 1.29 is 95.2 Å². The fourth-order valence-electron chi connectivity index (χ4n) is 12.1. The molecule has 632 valence electrons. The number of hydrogen-bond donors (Lipinski definition) is 0. The van der Waals surface area contributed by atoms with Gasteiger partial charge in [-0.2, -0.15) is 0 Å². The third-order valence-corrected chi connectivity index (χ3v) is 18.0. The van der Waals surface area contributed by atoms with Crippen LogP contribution >= 0.6 is 0 Å². The van der Waals surface area contributed by atoms with Crippen LogP contribution in [0.25, 0.3) is 0 Å². The lowest BCUT2D eigenvalue weighted by Crippen LogP contribution is -2.44. The first-order chi connectivity index (χ1) is 50.8. The summed E-state index contributed by atoms with van der Waals surface area (Å²) in [5.74, 6) is -1.29. The van der Waals surface area contributed by atoms with Crippen LogP contribution in [0, 0.1) is 5.41 Å². The number of carbonyl (C=O) groups excluding carboxylic acids is 8. The molecule has 0 saturated carbocycles. The lowest BCUT2D eigenvalue weighted by atomic mass is 9.78. The Kier molecular flexibility index (Phi) is 31.3. The highest BCUT2D eigenvalue weighted by molar-refractivity contribution is 5.74. The van der Waals surface area contributed by atoms with Crippen molar-refractivity contribution in [2.75, 3.05) is 26.4 Å². The van der Waals surface area contributed by atoms with Gasteiger partial charge >= 0.3 is 48.5 Å². The lowest BCUT2D eigenvalue weighted by molar-refractivity contribution is -0.170. The van der Waals surface area contributed by atoms with Crippen molar-refractivity contribution in [3.8, 4) is 23.0 Å². The molecular formula is C93H140O20. The minimum atomic E-state index is -1.74. The van der Waals surface area contributed by atoms with E-state index in [0.717, 1.165) is 22.3 Å². The van der Waals surface area contributed by atoms with Crippen LogP contribution in [0.4, 0.5) is 19.2 Å². The monoisotopic (exact) mass is 1580 g/mol. The lowest BCUT2D eigenvalue weighted by Gasteiger charge is -2.32. The molecule has 0 aromatic heterocycles. The summed E-state index contributed by atoms with van der Waals surface area (Å²) in [5.41, 5.74) is -0.903. The molecule has 4 aromatic carbocycles. The molecule has 0 saturated heterocycles. The summed E-state index contributed by atoms with van der Waals surface area (Å²) < 4.78 is 71.8. The molecular weight excluding hydrogens is 1440 g/mol. The molecule has 0 unspecified atom stereocenters. The standard InChI is InChI=1S/C93H140O20/c1-81(2,3)61-45-57(46-62(82(4,5)6)73(61)106-77(98)110-89(25,26)27)37-41-69(94)102-53-93(54-103-70(95)42-38-58-47-63(83(7,8)9)74(64(48-58)84(10,11)12)107-78(99)111-90(28,29)30,55-104-71(96)43-39-59-49-65(85(13,14)15)75(66(50-59)86(16,17)18)108-79(100)112-91(31,32)33)56-105-72(97)44-40-60-51-67(87(19,20)21)76(68(52-60)88(22,23)24)109-80(101)113-92(34,35)36/h45-52H,37-44,53-56H2,1-36H3. The van der Waals surface area contributed by atoms with Crippen LogP contribution in [0.15, 0.2) is 48.5 Å². The SMILES string of the molecule is CC(C)(C)OC(=O)Oc1c(C(C)(C)C)cc(CCC(=O)OCC(COC(=O)CCc2cc(C(C)(C)C)c(OC(=O)OC(C)(C)C)c(C(C)(C)C)c2)(COC(=O)CCc2cc(C(C)(C)C)c(OC(=O)OC(C)(C)C)c(C(C)(C)C)c2)COC(=O)CCc2cc(C(C)(C)C)c(OC(=O)OC(C)(C)C)c(C(C)(C)C)c2)cc1C(C)(C)C. The second-order valence-electron chi connectivity index (χ2n) is 42.5. The van der Waals surface area contributed by atoms with Crippen molar-refractivity contribution in [3.05, 3.63) is 115 Å². The molecule has 0 N–H and O–H groups in total. The van der Waals surface area contributed by atoms with E-state index in [0.29, 0.717) is 67.5 Å². The van der Waals surface area contributed by atoms with Gasteiger partial charge in [-0.25, -0.2) is 19.2 Å². The van der Waals surface area contributed by atoms with Gasteiger partial charge in [0.2, 0.25) is 0 Å². The molecule has 0 atom stereocenters. The molecule has 20 nitrogen and oxygen atoms in total. The fourth-order valence-corrected chi connectivity index (χ4v) is 12.1. The van der Waals surface area contributed by atoms with E-state index >= 15 is 0 Å². The third-order valence-electron chi connectivity index (χ3n) is 18.0. The zero-order valence-electron chi connectivity index (χ0n) is 75.8. The van der Waals surface area contributed by atoms with Gasteiger partial charge in [0.05, 0.1) is 0 Å². The van der Waals surface area contributed by atoms with Crippen LogP contribution in [0.3, 0.4) is 0 Å². The summed E-state index contributed by atoms with van der Waals surface area (Å²) in [7, 11) is 0. The van der Waals surface area contributed by atoms with Crippen LogP contribution in [-0.2, 0) is 126 Å². The van der Waals surface area contributed by atoms with Crippen LogP contribution < -0.4 is 18.9 Å². The van der Waals surface area contributed by atoms with Crippen molar-refractivity contribution in [1.82, 2.24) is 0 Å². The second-order valence-corrected chi connectivity index (χ2v) is 42.5. The van der Waals surface area contributed by atoms with Gasteiger partial charge in [0.15, 0.2) is 0 Å². The van der Waals surface area contributed by atoms with Crippen molar-refractivity contribution >= 4 is 48.5 Å². The number of esters is 4. The average molecular weight is 1580 g/mol. The predicted molar refractivity (Wildman–Crippen MR) is 442 cm³/mol. The van der Waals surface area contributed by atoms with Gasteiger partial charge < -0.3 is 56.8 Å². The molecule has 0 aliphatic carbocycles. The van der Waals surface area contributed by atoms with E-state index in [1.165, 1.54) is 0 Å². The molecule has 113 heavy (non-hydrogen) atoms. The van der Waals surface area contributed by atoms with Crippen molar-refractivity contribution in [2.24, 2.45) is 5.41 Å².